The largest absolute Gasteiger partial charge is 0.472 e. The van der Waals surface area contributed by atoms with Gasteiger partial charge in [0.1, 0.15) is 6.61 Å². The number of esters is 2. The van der Waals surface area contributed by atoms with Gasteiger partial charge in [0.05, 0.1) is 13.2 Å². The van der Waals surface area contributed by atoms with E-state index in [1.165, 1.54) is 25.7 Å². The maximum Gasteiger partial charge on any atom is 0.472 e. The van der Waals surface area contributed by atoms with Crippen molar-refractivity contribution in [2.45, 2.75) is 161 Å². The highest BCUT2D eigenvalue weighted by molar-refractivity contribution is 7.47. The van der Waals surface area contributed by atoms with E-state index in [0.29, 0.717) is 19.3 Å². The van der Waals surface area contributed by atoms with Gasteiger partial charge >= 0.3 is 19.8 Å². The van der Waals surface area contributed by atoms with E-state index in [9.17, 15) is 19.0 Å². The van der Waals surface area contributed by atoms with E-state index in [1.807, 2.05) is 6.08 Å². The summed E-state index contributed by atoms with van der Waals surface area (Å²) in [6, 6.07) is 0. The van der Waals surface area contributed by atoms with Gasteiger partial charge in [0.15, 0.2) is 6.10 Å². The Hall–Kier alpha value is -3.33. The molecule has 59 heavy (non-hydrogen) atoms. The molecule has 0 saturated carbocycles. The van der Waals surface area contributed by atoms with Crippen molar-refractivity contribution in [3.05, 3.63) is 109 Å². The van der Waals surface area contributed by atoms with Crippen LogP contribution in [0.25, 0.3) is 0 Å². The highest BCUT2D eigenvalue weighted by Gasteiger charge is 2.25. The minimum Gasteiger partial charge on any atom is -0.462 e. The third-order valence-corrected chi connectivity index (χ3v) is 9.63. The zero-order valence-electron chi connectivity index (χ0n) is 36.7. The predicted molar refractivity (Wildman–Crippen MR) is 247 cm³/mol. The molecule has 334 valence electrons. The first-order chi connectivity index (χ1) is 28.8. The molecule has 0 aliphatic heterocycles. The summed E-state index contributed by atoms with van der Waals surface area (Å²) in [5.41, 5.74) is 5.34. The summed E-state index contributed by atoms with van der Waals surface area (Å²) in [7, 11) is -4.41. The zero-order chi connectivity index (χ0) is 43.2. The van der Waals surface area contributed by atoms with Crippen LogP contribution in [0.1, 0.15) is 155 Å². The van der Waals surface area contributed by atoms with Crippen molar-refractivity contribution in [2.24, 2.45) is 5.73 Å². The number of hydrogen-bond acceptors (Lipinski definition) is 8. The lowest BCUT2D eigenvalue weighted by molar-refractivity contribution is -0.161. The molecule has 0 radical (unpaired) electrons. The third kappa shape index (κ3) is 44.1. The molecular weight excluding hydrogens is 762 g/mol. The second-order valence-corrected chi connectivity index (χ2v) is 15.6. The lowest BCUT2D eigenvalue weighted by atomic mass is 10.1. The fourth-order valence-corrected chi connectivity index (χ4v) is 6.12. The number of phosphoric ester groups is 1. The number of hydrogen-bond donors (Lipinski definition) is 2. The fraction of sp³-hybridized carbons (Fsp3) is 0.592. The summed E-state index contributed by atoms with van der Waals surface area (Å²) < 4.78 is 32.7. The number of carbonyl (C=O) groups is 2. The molecule has 0 aliphatic carbocycles. The molecule has 2 unspecified atom stereocenters. The lowest BCUT2D eigenvalue weighted by Crippen LogP contribution is -2.29. The normalized spacial score (nSPS) is 14.3. The quantitative estimate of drug-likeness (QED) is 0.0267. The molecule has 9 nitrogen and oxygen atoms in total. The van der Waals surface area contributed by atoms with Crippen LogP contribution in [0.3, 0.4) is 0 Å². The number of unbranched alkanes of at least 4 members (excludes halogenated alkanes) is 9. The Morgan fingerprint density at radius 1 is 0.525 bits per heavy atom. The predicted octanol–water partition coefficient (Wildman–Crippen LogP) is 13.2. The average Bonchev–Trinajstić information content (AvgIpc) is 3.22. The number of ether oxygens (including phenoxy) is 2. The van der Waals surface area contributed by atoms with E-state index in [1.54, 1.807) is 0 Å². The van der Waals surface area contributed by atoms with E-state index in [-0.39, 0.29) is 32.6 Å². The first-order valence-electron chi connectivity index (χ1n) is 22.4. The van der Waals surface area contributed by atoms with Crippen LogP contribution in [0.15, 0.2) is 109 Å². The van der Waals surface area contributed by atoms with Crippen molar-refractivity contribution in [3.63, 3.8) is 0 Å². The highest BCUT2D eigenvalue weighted by Crippen LogP contribution is 2.43. The summed E-state index contributed by atoms with van der Waals surface area (Å²) in [4.78, 5) is 34.9. The summed E-state index contributed by atoms with van der Waals surface area (Å²) in [5, 5.41) is 0. The van der Waals surface area contributed by atoms with Crippen LogP contribution in [-0.2, 0) is 32.7 Å². The van der Waals surface area contributed by atoms with Gasteiger partial charge in [-0.3, -0.25) is 18.6 Å². The van der Waals surface area contributed by atoms with Gasteiger partial charge in [0, 0.05) is 19.4 Å². The van der Waals surface area contributed by atoms with E-state index < -0.39 is 32.5 Å². The molecule has 10 heteroatoms. The lowest BCUT2D eigenvalue weighted by Gasteiger charge is -2.19. The van der Waals surface area contributed by atoms with E-state index in [4.69, 9.17) is 24.3 Å². The molecule has 0 aliphatic rings. The summed E-state index contributed by atoms with van der Waals surface area (Å²) in [6.07, 6.45) is 58.4. The number of rotatable bonds is 40. The Morgan fingerprint density at radius 3 is 1.44 bits per heavy atom. The first-order valence-corrected chi connectivity index (χ1v) is 23.9. The van der Waals surface area contributed by atoms with Crippen LogP contribution >= 0.6 is 7.82 Å². The Balaban J connectivity index is 4.30. The van der Waals surface area contributed by atoms with Crippen molar-refractivity contribution < 1.29 is 37.6 Å². The van der Waals surface area contributed by atoms with Gasteiger partial charge in [0.2, 0.25) is 0 Å². The van der Waals surface area contributed by atoms with Crippen LogP contribution in [0.4, 0.5) is 0 Å². The topological polar surface area (TPSA) is 134 Å². The Morgan fingerprint density at radius 2 is 0.949 bits per heavy atom. The Labute approximate surface area is 359 Å². The molecule has 0 heterocycles. The standard InChI is InChI=1S/C49H80NO8P/c1-3-5-7-9-11-13-15-17-19-20-21-22-23-24-25-26-28-30-32-34-36-38-40-42-49(52)58-47(46-57-59(53,54)56-44-43-50)45-55-48(51)41-39-37-35-33-31-29-27-18-16-14-12-10-8-6-4-2/h5,7,11-14,17-19,21-22,24-25,27-28,30,34,36,47H,3-4,6,8-10,15-16,20,23,26,29,31-33,35,37-46,50H2,1-2H3,(H,53,54)/b7-5-,13-11-,14-12-,19-17-,22-21-,25-24-,27-18-,30-28-,36-34-. The maximum absolute atomic E-state index is 12.6. The van der Waals surface area contributed by atoms with Crippen LogP contribution in [-0.4, -0.2) is 49.3 Å². The van der Waals surface area contributed by atoms with Crippen molar-refractivity contribution in [2.75, 3.05) is 26.4 Å². The molecule has 0 rings (SSSR count). The molecule has 0 fully saturated rings. The minimum atomic E-state index is -4.41. The molecule has 0 amide bonds. The van der Waals surface area contributed by atoms with Gasteiger partial charge < -0.3 is 20.1 Å². The second-order valence-electron chi connectivity index (χ2n) is 14.2. The molecule has 0 bridgehead atoms. The number of phosphoric acid groups is 1. The van der Waals surface area contributed by atoms with Gasteiger partial charge in [-0.25, -0.2) is 4.57 Å². The second kappa shape index (κ2) is 44.2. The molecule has 0 aromatic rings. The Bertz CT molecular complexity index is 1330. The average molecular weight is 842 g/mol. The van der Waals surface area contributed by atoms with E-state index in [2.05, 4.69) is 117 Å². The molecular formula is C49H80NO8P. The van der Waals surface area contributed by atoms with Gasteiger partial charge in [-0.1, -0.05) is 155 Å². The molecule has 0 saturated heterocycles. The van der Waals surface area contributed by atoms with Crippen molar-refractivity contribution in [1.29, 1.82) is 0 Å². The van der Waals surface area contributed by atoms with Gasteiger partial charge in [0.25, 0.3) is 0 Å². The highest BCUT2D eigenvalue weighted by atomic mass is 31.2. The zero-order valence-corrected chi connectivity index (χ0v) is 37.6. The van der Waals surface area contributed by atoms with Crippen molar-refractivity contribution in [3.8, 4) is 0 Å². The molecule has 3 N–H and O–H groups in total. The SMILES string of the molecule is CC/C=C\C/C=C\C/C=C\C/C=C\C/C=C\C/C=C\C/C=C\CCCC(=O)OC(COC(=O)CCCCCCC/C=C\C/C=C\CCCCC)COP(=O)(O)OCCN. The third-order valence-electron chi connectivity index (χ3n) is 8.64. The fourth-order valence-electron chi connectivity index (χ4n) is 5.36. The smallest absolute Gasteiger partial charge is 0.462 e. The van der Waals surface area contributed by atoms with Crippen molar-refractivity contribution in [1.82, 2.24) is 0 Å². The van der Waals surface area contributed by atoms with Crippen LogP contribution in [0.2, 0.25) is 0 Å². The molecule has 0 aromatic carbocycles. The van der Waals surface area contributed by atoms with E-state index >= 15 is 0 Å². The summed E-state index contributed by atoms with van der Waals surface area (Å²) >= 11 is 0. The maximum atomic E-state index is 12.6. The van der Waals surface area contributed by atoms with Crippen LogP contribution < -0.4 is 5.73 Å². The van der Waals surface area contributed by atoms with Gasteiger partial charge in [-0.05, 0) is 96.3 Å². The van der Waals surface area contributed by atoms with Crippen molar-refractivity contribution >= 4 is 19.8 Å². The van der Waals surface area contributed by atoms with Gasteiger partial charge in [-0.2, -0.15) is 0 Å². The van der Waals surface area contributed by atoms with Crippen LogP contribution in [0.5, 0.6) is 0 Å². The molecule has 0 spiro atoms. The first kappa shape index (κ1) is 55.7. The minimum absolute atomic E-state index is 0.0357. The molecule has 0 aromatic heterocycles. The van der Waals surface area contributed by atoms with Crippen LogP contribution in [0, 0.1) is 0 Å². The summed E-state index contributed by atoms with van der Waals surface area (Å²) in [6.45, 7) is 3.48. The van der Waals surface area contributed by atoms with E-state index in [0.717, 1.165) is 83.5 Å². The number of carbonyl (C=O) groups excluding carboxylic acids is 2. The monoisotopic (exact) mass is 842 g/mol. The Kier molecular flexibility index (Phi) is 41.7. The number of nitrogens with two attached hydrogens (primary N) is 1. The van der Waals surface area contributed by atoms with Gasteiger partial charge in [-0.15, -0.1) is 0 Å². The molecule has 2 atom stereocenters. The number of allylic oxidation sites excluding steroid dienone is 18. The summed E-state index contributed by atoms with van der Waals surface area (Å²) in [5.74, 6) is -0.926.